The van der Waals surface area contributed by atoms with Crippen molar-refractivity contribution in [3.63, 3.8) is 0 Å². The van der Waals surface area contributed by atoms with Crippen LogP contribution in [0.2, 0.25) is 0 Å². The Hall–Kier alpha value is -3.22. The number of methoxy groups -OCH3 is 2. The van der Waals surface area contributed by atoms with Gasteiger partial charge in [0.15, 0.2) is 11.5 Å². The average Bonchev–Trinajstić information content (AvgIpc) is 2.73. The number of nitrogens with zero attached hydrogens (tertiary/aromatic N) is 3. The van der Waals surface area contributed by atoms with Crippen molar-refractivity contribution in [1.29, 1.82) is 0 Å². The number of nitrogens with one attached hydrogen (secondary N) is 1. The number of aryl methyl sites for hydroxylation is 1. The Morgan fingerprint density at radius 2 is 1.76 bits per heavy atom. The molecule has 2 heterocycles. The molecule has 0 amide bonds. The van der Waals surface area contributed by atoms with Gasteiger partial charge in [0.25, 0.3) is 0 Å². The van der Waals surface area contributed by atoms with Crippen molar-refractivity contribution in [2.45, 2.75) is 25.8 Å². The third-order valence-corrected chi connectivity index (χ3v) is 5.39. The Kier molecular flexibility index (Phi) is 5.29. The second-order valence-electron chi connectivity index (χ2n) is 7.41. The van der Waals surface area contributed by atoms with Gasteiger partial charge in [0, 0.05) is 36.3 Å². The van der Waals surface area contributed by atoms with Gasteiger partial charge in [-0.05, 0) is 43.5 Å². The maximum Gasteiger partial charge on any atom is 0.227 e. The Labute approximate surface area is 170 Å². The number of nitrogens with two attached hydrogens (primary N) is 1. The number of benzene rings is 2. The Bertz CT molecular complexity index is 1020. The highest BCUT2D eigenvalue weighted by Crippen LogP contribution is 2.34. The first-order valence-corrected chi connectivity index (χ1v) is 9.85. The smallest absolute Gasteiger partial charge is 0.227 e. The van der Waals surface area contributed by atoms with Gasteiger partial charge < -0.3 is 25.4 Å². The molecule has 0 atom stereocenters. The van der Waals surface area contributed by atoms with Gasteiger partial charge in [-0.2, -0.15) is 4.98 Å². The van der Waals surface area contributed by atoms with Crippen LogP contribution in [0.4, 0.5) is 17.5 Å². The zero-order chi connectivity index (χ0) is 20.4. The first-order valence-electron chi connectivity index (χ1n) is 9.85. The second kappa shape index (κ2) is 8.03. The molecular formula is C22H27N5O2. The summed E-state index contributed by atoms with van der Waals surface area (Å²) < 4.78 is 10.8. The van der Waals surface area contributed by atoms with Crippen molar-refractivity contribution in [2.75, 3.05) is 43.3 Å². The van der Waals surface area contributed by atoms with Gasteiger partial charge in [-0.1, -0.05) is 12.1 Å². The molecule has 1 aromatic heterocycles. The van der Waals surface area contributed by atoms with Crippen molar-refractivity contribution >= 4 is 28.4 Å². The number of fused-ring (bicyclic) bond motifs is 1. The summed E-state index contributed by atoms with van der Waals surface area (Å²) in [6.45, 7) is 3.86. The largest absolute Gasteiger partial charge is 0.493 e. The normalized spacial score (nSPS) is 14.8. The highest BCUT2D eigenvalue weighted by atomic mass is 16.5. The molecule has 0 aliphatic carbocycles. The monoisotopic (exact) mass is 393 g/mol. The van der Waals surface area contributed by atoms with Gasteiger partial charge in [0.2, 0.25) is 5.95 Å². The quantitative estimate of drug-likeness (QED) is 0.685. The molecule has 152 valence electrons. The van der Waals surface area contributed by atoms with Crippen molar-refractivity contribution in [3.8, 4) is 11.5 Å². The molecule has 1 aliphatic heterocycles. The molecule has 3 aromatic rings. The predicted molar refractivity (Wildman–Crippen MR) is 117 cm³/mol. The first-order chi connectivity index (χ1) is 14.1. The van der Waals surface area contributed by atoms with Crippen LogP contribution >= 0.6 is 0 Å². The van der Waals surface area contributed by atoms with E-state index in [4.69, 9.17) is 20.2 Å². The fraction of sp³-hybridized carbons (Fsp3) is 0.364. The summed E-state index contributed by atoms with van der Waals surface area (Å²) in [4.78, 5) is 11.5. The van der Waals surface area contributed by atoms with E-state index in [-0.39, 0.29) is 0 Å². The third-order valence-electron chi connectivity index (χ3n) is 5.39. The highest BCUT2D eigenvalue weighted by Gasteiger charge is 2.22. The SMILES string of the molecule is COc1cc2nc(N3CCC(Nc4cccc(C)c4)CC3)nc(N)c2cc1OC. The number of nitrogen functional groups attached to an aromatic ring is 1. The number of ether oxygens (including phenoxy) is 2. The van der Waals surface area contributed by atoms with E-state index in [9.17, 15) is 0 Å². The molecule has 1 saturated heterocycles. The molecule has 2 aromatic carbocycles. The Morgan fingerprint density at radius 3 is 2.45 bits per heavy atom. The minimum Gasteiger partial charge on any atom is -0.493 e. The topological polar surface area (TPSA) is 85.5 Å². The highest BCUT2D eigenvalue weighted by molar-refractivity contribution is 5.91. The average molecular weight is 393 g/mol. The summed E-state index contributed by atoms with van der Waals surface area (Å²) in [5.74, 6) is 2.36. The molecular weight excluding hydrogens is 366 g/mol. The summed E-state index contributed by atoms with van der Waals surface area (Å²) in [5, 5.41) is 4.41. The van der Waals surface area contributed by atoms with E-state index in [2.05, 4.69) is 46.4 Å². The Balaban J connectivity index is 1.50. The molecule has 0 unspecified atom stereocenters. The molecule has 0 radical (unpaired) electrons. The summed E-state index contributed by atoms with van der Waals surface area (Å²) in [6.07, 6.45) is 2.03. The minimum atomic E-state index is 0.440. The van der Waals surface area contributed by atoms with Crippen LogP contribution in [-0.4, -0.2) is 43.3 Å². The summed E-state index contributed by atoms with van der Waals surface area (Å²) in [6, 6.07) is 12.6. The Morgan fingerprint density at radius 1 is 1.03 bits per heavy atom. The van der Waals surface area contributed by atoms with E-state index in [1.54, 1.807) is 14.2 Å². The van der Waals surface area contributed by atoms with E-state index in [1.165, 1.54) is 11.3 Å². The molecule has 4 rings (SSSR count). The lowest BCUT2D eigenvalue weighted by atomic mass is 10.0. The van der Waals surface area contributed by atoms with E-state index < -0.39 is 0 Å². The number of hydrogen-bond donors (Lipinski definition) is 2. The number of hydrogen-bond acceptors (Lipinski definition) is 7. The van der Waals surface area contributed by atoms with E-state index >= 15 is 0 Å². The summed E-state index contributed by atoms with van der Waals surface area (Å²) in [5.41, 5.74) is 9.43. The van der Waals surface area contributed by atoms with E-state index in [0.717, 1.165) is 36.8 Å². The van der Waals surface area contributed by atoms with Crippen molar-refractivity contribution in [1.82, 2.24) is 9.97 Å². The van der Waals surface area contributed by atoms with Crippen molar-refractivity contribution in [2.24, 2.45) is 0 Å². The van der Waals surface area contributed by atoms with Crippen LogP contribution in [-0.2, 0) is 0 Å². The number of piperidine rings is 1. The van der Waals surface area contributed by atoms with Crippen LogP contribution in [0.15, 0.2) is 36.4 Å². The fourth-order valence-electron chi connectivity index (χ4n) is 3.80. The zero-order valence-corrected chi connectivity index (χ0v) is 17.1. The molecule has 0 spiro atoms. The van der Waals surface area contributed by atoms with Gasteiger partial charge in [-0.15, -0.1) is 0 Å². The van der Waals surface area contributed by atoms with E-state index in [0.29, 0.717) is 29.3 Å². The van der Waals surface area contributed by atoms with Gasteiger partial charge in [-0.3, -0.25) is 0 Å². The lowest BCUT2D eigenvalue weighted by Gasteiger charge is -2.33. The molecule has 0 saturated carbocycles. The lowest BCUT2D eigenvalue weighted by molar-refractivity contribution is 0.356. The number of anilines is 3. The molecule has 0 bridgehead atoms. The van der Waals surface area contributed by atoms with Crippen LogP contribution < -0.4 is 25.4 Å². The molecule has 1 aliphatic rings. The molecule has 7 heteroatoms. The lowest BCUT2D eigenvalue weighted by Crippen LogP contribution is -2.40. The van der Waals surface area contributed by atoms with Gasteiger partial charge in [-0.25, -0.2) is 4.98 Å². The number of aromatic nitrogens is 2. The summed E-state index contributed by atoms with van der Waals surface area (Å²) in [7, 11) is 3.21. The van der Waals surface area contributed by atoms with Crippen LogP contribution in [0.25, 0.3) is 10.9 Å². The summed E-state index contributed by atoms with van der Waals surface area (Å²) >= 11 is 0. The van der Waals surface area contributed by atoms with Crippen molar-refractivity contribution < 1.29 is 9.47 Å². The standard InChI is InChI=1S/C22H27N5O2/c1-14-5-4-6-16(11-14)24-15-7-9-27(10-8-15)22-25-18-13-20(29-3)19(28-2)12-17(18)21(23)26-22/h4-6,11-13,15,24H,7-10H2,1-3H3,(H2,23,25,26). The van der Waals surface area contributed by atoms with Crippen LogP contribution in [0.1, 0.15) is 18.4 Å². The van der Waals surface area contributed by atoms with Crippen LogP contribution in [0.5, 0.6) is 11.5 Å². The molecule has 1 fully saturated rings. The first kappa shape index (κ1) is 19.1. The fourth-order valence-corrected chi connectivity index (χ4v) is 3.80. The second-order valence-corrected chi connectivity index (χ2v) is 7.41. The van der Waals surface area contributed by atoms with E-state index in [1.807, 2.05) is 12.1 Å². The minimum absolute atomic E-state index is 0.440. The van der Waals surface area contributed by atoms with Gasteiger partial charge in [0.1, 0.15) is 5.82 Å². The molecule has 3 N–H and O–H groups in total. The zero-order valence-electron chi connectivity index (χ0n) is 17.1. The van der Waals surface area contributed by atoms with Crippen LogP contribution in [0, 0.1) is 6.92 Å². The number of rotatable bonds is 5. The van der Waals surface area contributed by atoms with Crippen LogP contribution in [0.3, 0.4) is 0 Å². The van der Waals surface area contributed by atoms with Gasteiger partial charge >= 0.3 is 0 Å². The maximum absolute atomic E-state index is 6.24. The predicted octanol–water partition coefficient (Wildman–Crippen LogP) is 3.62. The molecule has 7 nitrogen and oxygen atoms in total. The molecule has 29 heavy (non-hydrogen) atoms. The van der Waals surface area contributed by atoms with Gasteiger partial charge in [0.05, 0.1) is 19.7 Å². The third kappa shape index (κ3) is 3.99. The maximum atomic E-state index is 6.24. The van der Waals surface area contributed by atoms with Crippen molar-refractivity contribution in [3.05, 3.63) is 42.0 Å².